The number of hydrogen-bond acceptors (Lipinski definition) is 4. The van der Waals surface area contributed by atoms with Crippen molar-refractivity contribution in [2.24, 2.45) is 5.92 Å². The Morgan fingerprint density at radius 2 is 1.90 bits per heavy atom. The molecule has 5 heteroatoms. The molecular weight excluding hydrogens is 376 g/mol. The first-order chi connectivity index (χ1) is 14.6. The number of carbonyl (C=O) groups is 1. The number of benzene rings is 1. The molecule has 2 saturated heterocycles. The molecule has 0 N–H and O–H groups in total. The van der Waals surface area contributed by atoms with Crippen molar-refractivity contribution < 1.29 is 14.3 Å². The average molecular weight is 417 g/mol. The van der Waals surface area contributed by atoms with Crippen LogP contribution < -0.4 is 4.74 Å². The molecule has 5 nitrogen and oxygen atoms in total. The lowest BCUT2D eigenvalue weighted by atomic mass is 9.83. The van der Waals surface area contributed by atoms with E-state index in [1.54, 1.807) is 7.11 Å². The Labute approximate surface area is 182 Å². The lowest BCUT2D eigenvalue weighted by molar-refractivity contribution is -0.133. The maximum absolute atomic E-state index is 13.1. The molecule has 2 heterocycles. The van der Waals surface area contributed by atoms with Crippen molar-refractivity contribution in [2.75, 3.05) is 39.9 Å². The normalized spacial score (nSPS) is 22.0. The summed E-state index contributed by atoms with van der Waals surface area (Å²) in [6.07, 6.45) is 7.96. The van der Waals surface area contributed by atoms with Gasteiger partial charge in [0.05, 0.1) is 12.7 Å². The highest BCUT2D eigenvalue weighted by molar-refractivity contribution is 5.76. The molecule has 0 aliphatic carbocycles. The lowest BCUT2D eigenvalue weighted by Crippen LogP contribution is -2.52. The Balaban J connectivity index is 1.55. The second-order valence-electron chi connectivity index (χ2n) is 9.14. The lowest BCUT2D eigenvalue weighted by Gasteiger charge is -2.45. The molecule has 0 unspecified atom stereocenters. The summed E-state index contributed by atoms with van der Waals surface area (Å²) >= 11 is 0. The van der Waals surface area contributed by atoms with E-state index in [4.69, 9.17) is 9.47 Å². The van der Waals surface area contributed by atoms with E-state index in [1.807, 2.05) is 26.0 Å². The molecule has 168 valence electrons. The highest BCUT2D eigenvalue weighted by atomic mass is 16.5. The quantitative estimate of drug-likeness (QED) is 0.575. The third kappa shape index (κ3) is 6.71. The number of piperidine rings is 2. The molecule has 2 fully saturated rings. The van der Waals surface area contributed by atoms with Crippen molar-refractivity contribution in [1.29, 1.82) is 0 Å². The van der Waals surface area contributed by atoms with Gasteiger partial charge in [0.2, 0.25) is 5.91 Å². The average Bonchev–Trinajstić information content (AvgIpc) is 2.75. The number of hydrogen-bond donors (Lipinski definition) is 0. The smallest absolute Gasteiger partial charge is 0.222 e. The van der Waals surface area contributed by atoms with Crippen LogP contribution in [0.5, 0.6) is 5.75 Å². The number of methoxy groups -OCH3 is 1. The summed E-state index contributed by atoms with van der Waals surface area (Å²) in [4.78, 5) is 17.9. The Morgan fingerprint density at radius 3 is 2.63 bits per heavy atom. The molecule has 2 atom stereocenters. The van der Waals surface area contributed by atoms with Crippen molar-refractivity contribution in [3.05, 3.63) is 29.8 Å². The van der Waals surface area contributed by atoms with Crippen LogP contribution in [0.2, 0.25) is 0 Å². The van der Waals surface area contributed by atoms with E-state index >= 15 is 0 Å². The second-order valence-corrected chi connectivity index (χ2v) is 9.14. The number of nitrogens with zero attached hydrogens (tertiary/aromatic N) is 2. The summed E-state index contributed by atoms with van der Waals surface area (Å²) in [7, 11) is 1.72. The van der Waals surface area contributed by atoms with Crippen molar-refractivity contribution in [3.63, 3.8) is 0 Å². The standard InChI is InChI=1S/C25H40N2O3/c1-20(2)30-23-12-9-21(10-13-23)11-14-25(28)27(17-18-29-3)19-22-7-6-16-26-15-5-4-8-24(22)26/h9-10,12-13,20,22,24H,4-8,11,14-19H2,1-3H3/t22-,24+/m0/s1. The highest BCUT2D eigenvalue weighted by Crippen LogP contribution is 2.31. The monoisotopic (exact) mass is 416 g/mol. The van der Waals surface area contributed by atoms with Gasteiger partial charge in [0.1, 0.15) is 5.75 Å². The van der Waals surface area contributed by atoms with Crippen LogP contribution in [0, 0.1) is 5.92 Å². The highest BCUT2D eigenvalue weighted by Gasteiger charge is 2.34. The van der Waals surface area contributed by atoms with E-state index in [0.29, 0.717) is 31.5 Å². The Hall–Kier alpha value is -1.59. The van der Waals surface area contributed by atoms with E-state index in [9.17, 15) is 4.79 Å². The molecule has 1 aromatic rings. The van der Waals surface area contributed by atoms with Crippen LogP contribution in [0.3, 0.4) is 0 Å². The molecule has 1 amide bonds. The van der Waals surface area contributed by atoms with Gasteiger partial charge in [-0.1, -0.05) is 18.6 Å². The van der Waals surface area contributed by atoms with Gasteiger partial charge in [-0.05, 0) is 82.7 Å². The summed E-state index contributed by atoms with van der Waals surface area (Å²) in [6, 6.07) is 8.82. The molecular formula is C25H40N2O3. The van der Waals surface area contributed by atoms with Gasteiger partial charge in [-0.25, -0.2) is 0 Å². The zero-order valence-electron chi connectivity index (χ0n) is 19.1. The van der Waals surface area contributed by atoms with E-state index in [-0.39, 0.29) is 12.0 Å². The number of rotatable bonds is 10. The topological polar surface area (TPSA) is 42.0 Å². The van der Waals surface area contributed by atoms with Gasteiger partial charge < -0.3 is 19.3 Å². The third-order valence-electron chi connectivity index (χ3n) is 6.52. The fourth-order valence-corrected chi connectivity index (χ4v) is 5.01. The Bertz CT molecular complexity index is 644. The van der Waals surface area contributed by atoms with Gasteiger partial charge in [0, 0.05) is 32.7 Å². The minimum atomic E-state index is 0.173. The molecule has 30 heavy (non-hydrogen) atoms. The van der Waals surface area contributed by atoms with Gasteiger partial charge in [-0.15, -0.1) is 0 Å². The fourth-order valence-electron chi connectivity index (χ4n) is 5.01. The number of amides is 1. The summed E-state index contributed by atoms with van der Waals surface area (Å²) in [5, 5.41) is 0. The second kappa shape index (κ2) is 11.7. The van der Waals surface area contributed by atoms with Crippen LogP contribution >= 0.6 is 0 Å². The van der Waals surface area contributed by atoms with Crippen molar-refractivity contribution in [1.82, 2.24) is 9.80 Å². The van der Waals surface area contributed by atoms with Crippen LogP contribution in [0.4, 0.5) is 0 Å². The van der Waals surface area contributed by atoms with Gasteiger partial charge in [0.15, 0.2) is 0 Å². The molecule has 0 aromatic heterocycles. The SMILES string of the molecule is COCCN(C[C@@H]1CCCN2CCCC[C@H]12)C(=O)CCc1ccc(OC(C)C)cc1. The summed E-state index contributed by atoms with van der Waals surface area (Å²) in [5.74, 6) is 1.74. The first kappa shape index (κ1) is 23.1. The van der Waals surface area contributed by atoms with Crippen LogP contribution in [0.1, 0.15) is 57.9 Å². The summed E-state index contributed by atoms with van der Waals surface area (Å²) in [6.45, 7) is 8.71. The van der Waals surface area contributed by atoms with Crippen molar-refractivity contribution in [3.8, 4) is 5.75 Å². The first-order valence-electron chi connectivity index (χ1n) is 11.8. The molecule has 0 saturated carbocycles. The molecule has 0 bridgehead atoms. The van der Waals surface area contributed by atoms with Crippen LogP contribution in [0.15, 0.2) is 24.3 Å². The molecule has 2 aliphatic heterocycles. The van der Waals surface area contributed by atoms with E-state index < -0.39 is 0 Å². The summed E-state index contributed by atoms with van der Waals surface area (Å²) < 4.78 is 11.0. The summed E-state index contributed by atoms with van der Waals surface area (Å²) in [5.41, 5.74) is 1.18. The van der Waals surface area contributed by atoms with Crippen LogP contribution in [0.25, 0.3) is 0 Å². The van der Waals surface area contributed by atoms with E-state index in [1.165, 1.54) is 50.8 Å². The van der Waals surface area contributed by atoms with Gasteiger partial charge in [0.25, 0.3) is 0 Å². The molecule has 0 spiro atoms. The van der Waals surface area contributed by atoms with Gasteiger partial charge >= 0.3 is 0 Å². The van der Waals surface area contributed by atoms with E-state index in [2.05, 4.69) is 21.9 Å². The number of aryl methyl sites for hydroxylation is 1. The number of ether oxygens (including phenoxy) is 2. The number of carbonyl (C=O) groups excluding carboxylic acids is 1. The van der Waals surface area contributed by atoms with Gasteiger partial charge in [-0.2, -0.15) is 0 Å². The Kier molecular flexibility index (Phi) is 9.01. The first-order valence-corrected chi connectivity index (χ1v) is 11.8. The Morgan fingerprint density at radius 1 is 1.13 bits per heavy atom. The largest absolute Gasteiger partial charge is 0.491 e. The maximum atomic E-state index is 13.1. The van der Waals surface area contributed by atoms with Crippen LogP contribution in [-0.4, -0.2) is 67.7 Å². The predicted molar refractivity (Wildman–Crippen MR) is 121 cm³/mol. The molecule has 1 aromatic carbocycles. The van der Waals surface area contributed by atoms with E-state index in [0.717, 1.165) is 18.7 Å². The number of fused-ring (bicyclic) bond motifs is 1. The molecule has 2 aliphatic rings. The molecule has 0 radical (unpaired) electrons. The maximum Gasteiger partial charge on any atom is 0.222 e. The third-order valence-corrected chi connectivity index (χ3v) is 6.52. The minimum absolute atomic E-state index is 0.173. The van der Waals surface area contributed by atoms with Crippen LogP contribution in [-0.2, 0) is 16.0 Å². The predicted octanol–water partition coefficient (Wildman–Crippen LogP) is 4.15. The fraction of sp³-hybridized carbons (Fsp3) is 0.720. The zero-order valence-corrected chi connectivity index (χ0v) is 19.1. The zero-order chi connectivity index (χ0) is 21.3. The van der Waals surface area contributed by atoms with Crippen molar-refractivity contribution >= 4 is 5.91 Å². The van der Waals surface area contributed by atoms with Crippen molar-refractivity contribution in [2.45, 2.75) is 70.9 Å². The minimum Gasteiger partial charge on any atom is -0.491 e. The van der Waals surface area contributed by atoms with Gasteiger partial charge in [-0.3, -0.25) is 4.79 Å². The molecule has 3 rings (SSSR count).